The van der Waals surface area contributed by atoms with Crippen LogP contribution in [0.4, 0.5) is 4.39 Å². The highest BCUT2D eigenvalue weighted by Crippen LogP contribution is 2.32. The van der Waals surface area contributed by atoms with Gasteiger partial charge in [0, 0.05) is 12.0 Å². The number of rotatable bonds is 5. The van der Waals surface area contributed by atoms with E-state index < -0.39 is 12.6 Å². The quantitative estimate of drug-likeness (QED) is 0.918. The van der Waals surface area contributed by atoms with Crippen LogP contribution >= 0.6 is 0 Å². The van der Waals surface area contributed by atoms with Gasteiger partial charge in [0.1, 0.15) is 5.75 Å². The first-order chi connectivity index (χ1) is 9.97. The van der Waals surface area contributed by atoms with E-state index in [0.717, 1.165) is 22.1 Å². The maximum Gasteiger partial charge on any atom is 0.251 e. The molecule has 0 saturated heterocycles. The van der Waals surface area contributed by atoms with Crippen molar-refractivity contribution in [2.24, 2.45) is 0 Å². The van der Waals surface area contributed by atoms with E-state index in [1.165, 1.54) is 0 Å². The van der Waals surface area contributed by atoms with Gasteiger partial charge in [-0.25, -0.2) is 4.39 Å². The third-order valence-electron chi connectivity index (χ3n) is 3.67. The zero-order valence-electron chi connectivity index (χ0n) is 12.6. The molecular weight excluding hydrogens is 269 g/mol. The van der Waals surface area contributed by atoms with E-state index in [0.29, 0.717) is 6.54 Å². The molecule has 4 heteroatoms. The summed E-state index contributed by atoms with van der Waals surface area (Å²) in [7, 11) is 1.64. The topological polar surface area (TPSA) is 38.3 Å². The number of hydrogen-bond donors (Lipinski definition) is 1. The van der Waals surface area contributed by atoms with Crippen molar-refractivity contribution in [2.45, 2.75) is 19.3 Å². The van der Waals surface area contributed by atoms with E-state index in [9.17, 15) is 9.18 Å². The van der Waals surface area contributed by atoms with Crippen molar-refractivity contribution in [3.8, 4) is 5.75 Å². The molecule has 0 fully saturated rings. The Bertz CT molecular complexity index is 652. The van der Waals surface area contributed by atoms with Gasteiger partial charge in [0.2, 0.25) is 0 Å². The summed E-state index contributed by atoms with van der Waals surface area (Å²) in [5.74, 6) is 0.208. The lowest BCUT2D eigenvalue weighted by molar-refractivity contribution is -0.122. The van der Waals surface area contributed by atoms with Crippen LogP contribution in [0.25, 0.3) is 10.8 Å². The number of carbonyl (C=O) groups excluding carboxylic acids is 1. The van der Waals surface area contributed by atoms with Gasteiger partial charge in [-0.15, -0.1) is 0 Å². The summed E-state index contributed by atoms with van der Waals surface area (Å²) in [6, 6.07) is 12.0. The number of ether oxygens (including phenoxy) is 1. The van der Waals surface area contributed by atoms with Crippen LogP contribution < -0.4 is 10.1 Å². The molecule has 0 spiro atoms. The molecule has 0 aliphatic rings. The molecule has 21 heavy (non-hydrogen) atoms. The van der Waals surface area contributed by atoms with Crippen molar-refractivity contribution >= 4 is 16.7 Å². The first-order valence-electron chi connectivity index (χ1n) is 6.88. The molecule has 0 atom stereocenters. The molecule has 0 saturated carbocycles. The van der Waals surface area contributed by atoms with Crippen LogP contribution in [0.3, 0.4) is 0 Å². The molecule has 112 valence electrons. The Kier molecular flexibility index (Phi) is 4.46. The maximum atomic E-state index is 12.3. The second kappa shape index (κ2) is 6.12. The predicted octanol–water partition coefficient (Wildman–Crippen LogP) is 3.21. The number of amides is 1. The van der Waals surface area contributed by atoms with E-state index in [2.05, 4.69) is 5.32 Å². The summed E-state index contributed by atoms with van der Waals surface area (Å²) >= 11 is 0. The lowest BCUT2D eigenvalue weighted by atomic mass is 9.81. The lowest BCUT2D eigenvalue weighted by Crippen LogP contribution is -2.37. The van der Waals surface area contributed by atoms with Gasteiger partial charge in [-0.1, -0.05) is 38.1 Å². The number of fused-ring (bicyclic) bond motifs is 1. The van der Waals surface area contributed by atoms with E-state index >= 15 is 0 Å². The van der Waals surface area contributed by atoms with Crippen molar-refractivity contribution in [1.29, 1.82) is 0 Å². The van der Waals surface area contributed by atoms with Gasteiger partial charge in [0.25, 0.3) is 5.91 Å². The summed E-state index contributed by atoms with van der Waals surface area (Å²) < 4.78 is 17.6. The third-order valence-corrected chi connectivity index (χ3v) is 3.67. The third kappa shape index (κ3) is 3.32. The summed E-state index contributed by atoms with van der Waals surface area (Å²) in [5, 5.41) is 4.81. The highest BCUT2D eigenvalue weighted by molar-refractivity contribution is 5.88. The van der Waals surface area contributed by atoms with Crippen LogP contribution in [0, 0.1) is 0 Å². The molecule has 0 heterocycles. The molecule has 2 rings (SSSR count). The fourth-order valence-electron chi connectivity index (χ4n) is 2.43. The van der Waals surface area contributed by atoms with Crippen molar-refractivity contribution < 1.29 is 13.9 Å². The smallest absolute Gasteiger partial charge is 0.251 e. The SMILES string of the molecule is COc1ccc2cccc(C(C)(C)CNC(=O)CF)c2c1. The van der Waals surface area contributed by atoms with Crippen LogP contribution in [0.15, 0.2) is 36.4 Å². The molecule has 0 unspecified atom stereocenters. The molecule has 2 aromatic carbocycles. The molecular formula is C17H20FNO2. The first-order valence-corrected chi connectivity index (χ1v) is 6.88. The van der Waals surface area contributed by atoms with Gasteiger partial charge in [-0.2, -0.15) is 0 Å². The Hall–Kier alpha value is -2.10. The molecule has 1 N–H and O–H groups in total. The van der Waals surface area contributed by atoms with Crippen LogP contribution in [0.2, 0.25) is 0 Å². The van der Waals surface area contributed by atoms with Gasteiger partial charge in [0.05, 0.1) is 7.11 Å². The maximum absolute atomic E-state index is 12.3. The minimum absolute atomic E-state index is 0.309. The predicted molar refractivity (Wildman–Crippen MR) is 82.5 cm³/mol. The van der Waals surface area contributed by atoms with Gasteiger partial charge in [0.15, 0.2) is 6.67 Å². The van der Waals surface area contributed by atoms with Crippen LogP contribution in [0.1, 0.15) is 19.4 Å². The highest BCUT2D eigenvalue weighted by Gasteiger charge is 2.23. The van der Waals surface area contributed by atoms with Gasteiger partial charge < -0.3 is 10.1 Å². The standard InChI is InChI=1S/C17H20FNO2/c1-17(2,11-19-16(20)10-18)15-6-4-5-12-7-8-13(21-3)9-14(12)15/h4-9H,10-11H2,1-3H3,(H,19,20). The molecule has 0 aliphatic heterocycles. The molecule has 0 aromatic heterocycles. The normalized spacial score (nSPS) is 11.4. The number of benzene rings is 2. The lowest BCUT2D eigenvalue weighted by Gasteiger charge is -2.27. The number of nitrogens with one attached hydrogen (secondary N) is 1. The zero-order chi connectivity index (χ0) is 15.5. The van der Waals surface area contributed by atoms with E-state index in [-0.39, 0.29) is 5.41 Å². The van der Waals surface area contributed by atoms with Gasteiger partial charge in [-0.05, 0) is 28.5 Å². The number of halogens is 1. The second-order valence-corrected chi connectivity index (χ2v) is 5.69. The average molecular weight is 289 g/mol. The molecule has 0 aliphatic carbocycles. The fraction of sp³-hybridized carbons (Fsp3) is 0.353. The van der Waals surface area contributed by atoms with Crippen molar-refractivity contribution in [1.82, 2.24) is 5.32 Å². The van der Waals surface area contributed by atoms with Gasteiger partial charge in [-0.3, -0.25) is 4.79 Å². The fourth-order valence-corrected chi connectivity index (χ4v) is 2.43. The Balaban J connectivity index is 2.41. The number of methoxy groups -OCH3 is 1. The zero-order valence-corrected chi connectivity index (χ0v) is 12.6. The Morgan fingerprint density at radius 1 is 1.29 bits per heavy atom. The molecule has 1 amide bonds. The summed E-state index contributed by atoms with van der Waals surface area (Å²) in [4.78, 5) is 11.1. The van der Waals surface area contributed by atoms with Crippen molar-refractivity contribution in [3.63, 3.8) is 0 Å². The van der Waals surface area contributed by atoms with Gasteiger partial charge >= 0.3 is 0 Å². The summed E-state index contributed by atoms with van der Waals surface area (Å²) in [6.07, 6.45) is 0. The van der Waals surface area contributed by atoms with E-state index in [1.54, 1.807) is 7.11 Å². The minimum atomic E-state index is -0.987. The average Bonchev–Trinajstić information content (AvgIpc) is 2.51. The van der Waals surface area contributed by atoms with Crippen LogP contribution in [-0.4, -0.2) is 26.2 Å². The Morgan fingerprint density at radius 3 is 2.71 bits per heavy atom. The number of hydrogen-bond acceptors (Lipinski definition) is 2. The van der Waals surface area contributed by atoms with E-state index in [4.69, 9.17) is 4.74 Å². The highest BCUT2D eigenvalue weighted by atomic mass is 19.1. The second-order valence-electron chi connectivity index (χ2n) is 5.69. The molecule has 0 radical (unpaired) electrons. The number of carbonyl (C=O) groups is 1. The minimum Gasteiger partial charge on any atom is -0.497 e. The molecule has 0 bridgehead atoms. The summed E-state index contributed by atoms with van der Waals surface area (Å²) in [6.45, 7) is 3.45. The number of alkyl halides is 1. The monoisotopic (exact) mass is 289 g/mol. The summed E-state index contributed by atoms with van der Waals surface area (Å²) in [5.41, 5.74) is 0.787. The van der Waals surface area contributed by atoms with Crippen LogP contribution in [-0.2, 0) is 10.2 Å². The largest absolute Gasteiger partial charge is 0.497 e. The van der Waals surface area contributed by atoms with Crippen LogP contribution in [0.5, 0.6) is 5.75 Å². The van der Waals surface area contributed by atoms with Crippen molar-refractivity contribution in [3.05, 3.63) is 42.0 Å². The van der Waals surface area contributed by atoms with E-state index in [1.807, 2.05) is 50.2 Å². The molecule has 2 aromatic rings. The Morgan fingerprint density at radius 2 is 2.05 bits per heavy atom. The van der Waals surface area contributed by atoms with Crippen molar-refractivity contribution in [2.75, 3.05) is 20.3 Å². The first kappa shape index (κ1) is 15.3. The molecule has 3 nitrogen and oxygen atoms in total. The Labute approximate surface area is 124 Å².